The van der Waals surface area contributed by atoms with Crippen LogP contribution in [0.2, 0.25) is 0 Å². The van der Waals surface area contributed by atoms with Crippen molar-refractivity contribution in [1.29, 1.82) is 0 Å². The highest BCUT2D eigenvalue weighted by molar-refractivity contribution is 5.83. The Morgan fingerprint density at radius 2 is 1.35 bits per heavy atom. The van der Waals surface area contributed by atoms with Crippen molar-refractivity contribution in [3.05, 3.63) is 0 Å². The normalized spacial score (nSPS) is 26.3. The number of amides is 2. The molecule has 0 saturated carbocycles. The molecule has 0 radical (unpaired) electrons. The molecule has 0 aromatic carbocycles. The summed E-state index contributed by atoms with van der Waals surface area (Å²) in [7, 11) is 3.05. The van der Waals surface area contributed by atoms with Crippen LogP contribution < -0.4 is 0 Å². The minimum absolute atomic E-state index is 0.0283. The number of hydrogen-bond donors (Lipinski definition) is 0. The number of hydrogen-bond acceptors (Lipinski definition) is 4. The summed E-state index contributed by atoms with van der Waals surface area (Å²) in [6.45, 7) is 8.44. The minimum Gasteiger partial charge on any atom is -0.372 e. The van der Waals surface area contributed by atoms with Crippen LogP contribution in [0, 0.1) is 0 Å². The third-order valence-corrected chi connectivity index (χ3v) is 3.89. The molecule has 6 heteroatoms. The summed E-state index contributed by atoms with van der Waals surface area (Å²) in [5, 5.41) is 0. The van der Waals surface area contributed by atoms with Gasteiger partial charge in [0, 0.05) is 39.4 Å². The van der Waals surface area contributed by atoms with E-state index in [0.717, 1.165) is 0 Å². The van der Waals surface area contributed by atoms with E-state index in [1.807, 2.05) is 18.7 Å². The molecule has 6 nitrogen and oxygen atoms in total. The van der Waals surface area contributed by atoms with E-state index in [2.05, 4.69) is 0 Å². The van der Waals surface area contributed by atoms with Gasteiger partial charge in [0.2, 0.25) is 0 Å². The van der Waals surface area contributed by atoms with E-state index in [1.165, 1.54) is 14.2 Å². The van der Waals surface area contributed by atoms with Crippen molar-refractivity contribution in [3.63, 3.8) is 0 Å². The molecule has 2 amide bonds. The first-order chi connectivity index (χ1) is 9.33. The maximum Gasteiger partial charge on any atom is 0.251 e. The van der Waals surface area contributed by atoms with Gasteiger partial charge in [0.15, 0.2) is 0 Å². The molecule has 0 aromatic heterocycles. The number of rotatable bonds is 4. The Labute approximate surface area is 121 Å². The summed E-state index contributed by atoms with van der Waals surface area (Å²) < 4.78 is 10.2. The topological polar surface area (TPSA) is 59.1 Å². The Hall–Kier alpha value is -1.14. The van der Waals surface area contributed by atoms with Crippen molar-refractivity contribution in [2.24, 2.45) is 0 Å². The second-order valence-electron chi connectivity index (χ2n) is 5.44. The number of carbonyl (C=O) groups is 2. The lowest BCUT2D eigenvalue weighted by atomic mass is 10.1. The van der Waals surface area contributed by atoms with E-state index < -0.39 is 12.2 Å². The zero-order valence-electron chi connectivity index (χ0n) is 13.3. The lowest BCUT2D eigenvalue weighted by Crippen LogP contribution is -2.62. The molecule has 0 aliphatic carbocycles. The predicted octanol–water partition coefficient (Wildman–Crippen LogP) is 0.504. The maximum atomic E-state index is 12.3. The Morgan fingerprint density at radius 1 is 0.950 bits per heavy atom. The molecular weight excluding hydrogens is 260 g/mol. The second kappa shape index (κ2) is 7.04. The van der Waals surface area contributed by atoms with Crippen LogP contribution in [-0.2, 0) is 19.1 Å². The van der Waals surface area contributed by atoms with Crippen molar-refractivity contribution in [2.75, 3.05) is 27.3 Å². The first-order valence-electron chi connectivity index (χ1n) is 7.00. The van der Waals surface area contributed by atoms with Crippen LogP contribution in [0.3, 0.4) is 0 Å². The van der Waals surface area contributed by atoms with Gasteiger partial charge in [-0.25, -0.2) is 0 Å². The third-order valence-electron chi connectivity index (χ3n) is 3.89. The van der Waals surface area contributed by atoms with Gasteiger partial charge in [-0.2, -0.15) is 0 Å². The zero-order chi connectivity index (χ0) is 15.4. The quantitative estimate of drug-likeness (QED) is 0.755. The smallest absolute Gasteiger partial charge is 0.251 e. The van der Waals surface area contributed by atoms with E-state index in [9.17, 15) is 9.59 Å². The summed E-state index contributed by atoms with van der Waals surface area (Å²) in [4.78, 5) is 28.0. The van der Waals surface area contributed by atoms with Crippen LogP contribution in [-0.4, -0.2) is 73.2 Å². The van der Waals surface area contributed by atoms with Crippen molar-refractivity contribution < 1.29 is 19.1 Å². The SMILES string of the molecule is COC(C)C(=O)N1C[C@@H](C)N(C(=O)C(C)OC)[C@@H](C)C1. The molecule has 116 valence electrons. The van der Waals surface area contributed by atoms with Crippen molar-refractivity contribution in [1.82, 2.24) is 9.80 Å². The largest absolute Gasteiger partial charge is 0.372 e. The van der Waals surface area contributed by atoms with Gasteiger partial charge in [-0.05, 0) is 27.7 Å². The van der Waals surface area contributed by atoms with Gasteiger partial charge in [-0.15, -0.1) is 0 Å². The zero-order valence-corrected chi connectivity index (χ0v) is 13.3. The third kappa shape index (κ3) is 3.49. The molecule has 1 aliphatic rings. The fraction of sp³-hybridized carbons (Fsp3) is 0.857. The maximum absolute atomic E-state index is 12.3. The van der Waals surface area contributed by atoms with E-state index >= 15 is 0 Å². The molecule has 4 atom stereocenters. The second-order valence-corrected chi connectivity index (χ2v) is 5.44. The van der Waals surface area contributed by atoms with Crippen LogP contribution in [0.15, 0.2) is 0 Å². The number of carbonyl (C=O) groups excluding carboxylic acids is 2. The van der Waals surface area contributed by atoms with Crippen LogP contribution in [0.25, 0.3) is 0 Å². The Morgan fingerprint density at radius 3 is 1.75 bits per heavy atom. The van der Waals surface area contributed by atoms with Gasteiger partial charge in [-0.1, -0.05) is 0 Å². The molecule has 1 saturated heterocycles. The van der Waals surface area contributed by atoms with Crippen LogP contribution in [0.4, 0.5) is 0 Å². The summed E-state index contributed by atoms with van der Waals surface area (Å²) >= 11 is 0. The molecule has 1 heterocycles. The molecule has 0 aromatic rings. The molecule has 1 fully saturated rings. The Balaban J connectivity index is 2.76. The highest BCUT2D eigenvalue weighted by atomic mass is 16.5. The monoisotopic (exact) mass is 286 g/mol. The van der Waals surface area contributed by atoms with Gasteiger partial charge in [-0.3, -0.25) is 9.59 Å². The van der Waals surface area contributed by atoms with E-state index in [0.29, 0.717) is 13.1 Å². The van der Waals surface area contributed by atoms with Crippen molar-refractivity contribution >= 4 is 11.8 Å². The average molecular weight is 286 g/mol. The van der Waals surface area contributed by atoms with Crippen molar-refractivity contribution in [2.45, 2.75) is 52.0 Å². The molecule has 0 spiro atoms. The molecule has 0 bridgehead atoms. The van der Waals surface area contributed by atoms with Crippen LogP contribution >= 0.6 is 0 Å². The summed E-state index contributed by atoms with van der Waals surface area (Å²) in [5.41, 5.74) is 0. The molecule has 20 heavy (non-hydrogen) atoms. The van der Waals surface area contributed by atoms with E-state index in [4.69, 9.17) is 9.47 Å². The van der Waals surface area contributed by atoms with Gasteiger partial charge in [0.25, 0.3) is 11.8 Å². The molecule has 2 unspecified atom stereocenters. The molecule has 1 rings (SSSR count). The number of ether oxygens (including phenoxy) is 2. The summed E-state index contributed by atoms with van der Waals surface area (Å²) in [6, 6.07) is -0.0614. The average Bonchev–Trinajstić information content (AvgIpc) is 2.43. The fourth-order valence-electron chi connectivity index (χ4n) is 2.61. The van der Waals surface area contributed by atoms with Gasteiger partial charge in [0.05, 0.1) is 0 Å². The predicted molar refractivity (Wildman–Crippen MR) is 75.3 cm³/mol. The minimum atomic E-state index is -0.458. The van der Waals surface area contributed by atoms with Crippen LogP contribution in [0.5, 0.6) is 0 Å². The first-order valence-corrected chi connectivity index (χ1v) is 7.00. The summed E-state index contributed by atoms with van der Waals surface area (Å²) in [6.07, 6.45) is -0.908. The summed E-state index contributed by atoms with van der Waals surface area (Å²) in [5.74, 6) is -0.0579. The molecule has 1 aliphatic heterocycles. The van der Waals surface area contributed by atoms with Crippen molar-refractivity contribution in [3.8, 4) is 0 Å². The Kier molecular flexibility index (Phi) is 5.95. The lowest BCUT2D eigenvalue weighted by Gasteiger charge is -2.45. The number of piperazine rings is 1. The number of methoxy groups -OCH3 is 2. The Bertz CT molecular complexity index is 349. The first kappa shape index (κ1) is 16.9. The highest BCUT2D eigenvalue weighted by Crippen LogP contribution is 2.18. The highest BCUT2D eigenvalue weighted by Gasteiger charge is 2.37. The lowest BCUT2D eigenvalue weighted by molar-refractivity contribution is -0.156. The van der Waals surface area contributed by atoms with E-state index in [1.54, 1.807) is 18.7 Å². The molecule has 0 N–H and O–H groups in total. The molecular formula is C14H26N2O4. The fourth-order valence-corrected chi connectivity index (χ4v) is 2.61. The van der Waals surface area contributed by atoms with Gasteiger partial charge >= 0.3 is 0 Å². The van der Waals surface area contributed by atoms with Gasteiger partial charge < -0.3 is 19.3 Å². The number of nitrogens with zero attached hydrogens (tertiary/aromatic N) is 2. The van der Waals surface area contributed by atoms with Gasteiger partial charge in [0.1, 0.15) is 12.2 Å². The standard InChI is InChI=1S/C14H26N2O4/c1-9-7-15(13(17)11(3)19-5)8-10(2)16(9)14(18)12(4)20-6/h9-12H,7-8H2,1-6H3/t9-,10+,11?,12?. The van der Waals surface area contributed by atoms with E-state index in [-0.39, 0.29) is 23.9 Å². The van der Waals surface area contributed by atoms with Crippen LogP contribution in [0.1, 0.15) is 27.7 Å².